The van der Waals surface area contributed by atoms with Crippen LogP contribution in [-0.4, -0.2) is 11.6 Å². The molecule has 1 N–H and O–H groups in total. The van der Waals surface area contributed by atoms with Crippen LogP contribution in [0, 0.1) is 5.82 Å². The molecule has 1 aromatic carbocycles. The predicted octanol–water partition coefficient (Wildman–Crippen LogP) is 3.92. The van der Waals surface area contributed by atoms with E-state index in [4.69, 9.17) is 0 Å². The molecular formula is C17H17FN2OS. The summed E-state index contributed by atoms with van der Waals surface area (Å²) in [5.41, 5.74) is 4.66. The van der Waals surface area contributed by atoms with Gasteiger partial charge >= 0.3 is 0 Å². The highest BCUT2D eigenvalue weighted by Crippen LogP contribution is 2.29. The van der Waals surface area contributed by atoms with Crippen LogP contribution in [0.15, 0.2) is 35.4 Å². The second-order valence-electron chi connectivity index (χ2n) is 5.38. The number of rotatable bonds is 3. The Morgan fingerprint density at radius 2 is 2.05 bits per heavy atom. The molecule has 0 atom stereocenters. The lowest BCUT2D eigenvalue weighted by Gasteiger charge is -2.08. The molecule has 5 heteroatoms. The van der Waals surface area contributed by atoms with Gasteiger partial charge in [0.1, 0.15) is 5.82 Å². The van der Waals surface area contributed by atoms with Crippen molar-refractivity contribution in [1.29, 1.82) is 0 Å². The predicted molar refractivity (Wildman–Crippen MR) is 87.0 cm³/mol. The lowest BCUT2D eigenvalue weighted by molar-refractivity contribution is 0.0959. The van der Waals surface area contributed by atoms with Crippen LogP contribution in [0.25, 0.3) is 0 Å². The van der Waals surface area contributed by atoms with Crippen LogP contribution in [0.5, 0.6) is 0 Å². The molecule has 1 aliphatic rings. The second-order valence-corrected chi connectivity index (χ2v) is 6.52. The van der Waals surface area contributed by atoms with Gasteiger partial charge in [-0.2, -0.15) is 5.10 Å². The zero-order valence-corrected chi connectivity index (χ0v) is 13.2. The molecule has 22 heavy (non-hydrogen) atoms. The number of aryl methyl sites for hydroxylation is 2. The van der Waals surface area contributed by atoms with E-state index >= 15 is 0 Å². The molecule has 0 unspecified atom stereocenters. The summed E-state index contributed by atoms with van der Waals surface area (Å²) in [5, 5.41) is 4.02. The van der Waals surface area contributed by atoms with Gasteiger partial charge in [-0.15, -0.1) is 11.3 Å². The van der Waals surface area contributed by atoms with Crippen molar-refractivity contribution in [1.82, 2.24) is 5.43 Å². The Morgan fingerprint density at radius 3 is 2.82 bits per heavy atom. The molecule has 1 heterocycles. The van der Waals surface area contributed by atoms with Gasteiger partial charge in [-0.3, -0.25) is 4.79 Å². The molecule has 0 saturated carbocycles. The fourth-order valence-corrected chi connectivity index (χ4v) is 3.75. The molecule has 0 saturated heterocycles. The van der Waals surface area contributed by atoms with Crippen molar-refractivity contribution in [2.24, 2.45) is 5.10 Å². The average molecular weight is 316 g/mol. The van der Waals surface area contributed by atoms with E-state index in [1.165, 1.54) is 40.7 Å². The Hall–Kier alpha value is -2.01. The van der Waals surface area contributed by atoms with E-state index in [1.807, 2.05) is 6.07 Å². The number of thiophene rings is 1. The fraction of sp³-hybridized carbons (Fsp3) is 0.294. The topological polar surface area (TPSA) is 41.5 Å². The fourth-order valence-electron chi connectivity index (χ4n) is 2.61. The summed E-state index contributed by atoms with van der Waals surface area (Å²) in [6, 6.07) is 8.35. The van der Waals surface area contributed by atoms with E-state index in [0.717, 1.165) is 12.8 Å². The Kier molecular flexibility index (Phi) is 4.34. The summed E-state index contributed by atoms with van der Waals surface area (Å²) < 4.78 is 13.7. The highest BCUT2D eigenvalue weighted by molar-refractivity contribution is 7.14. The smallest absolute Gasteiger partial charge is 0.266 e. The van der Waals surface area contributed by atoms with E-state index in [1.54, 1.807) is 25.1 Å². The van der Waals surface area contributed by atoms with Crippen LogP contribution in [0.1, 0.15) is 45.4 Å². The van der Waals surface area contributed by atoms with Crippen LogP contribution in [-0.2, 0) is 12.8 Å². The molecule has 114 valence electrons. The second kappa shape index (κ2) is 6.40. The van der Waals surface area contributed by atoms with Crippen molar-refractivity contribution in [3.05, 3.63) is 57.0 Å². The summed E-state index contributed by atoms with van der Waals surface area (Å²) >= 11 is 1.54. The maximum absolute atomic E-state index is 13.7. The quantitative estimate of drug-likeness (QED) is 0.677. The van der Waals surface area contributed by atoms with Crippen LogP contribution in [0.2, 0.25) is 0 Å². The van der Waals surface area contributed by atoms with Crippen molar-refractivity contribution in [3.8, 4) is 0 Å². The number of nitrogens with zero attached hydrogens (tertiary/aromatic N) is 1. The number of amides is 1. The Balaban J connectivity index is 1.73. The number of hydrogen-bond donors (Lipinski definition) is 1. The minimum absolute atomic E-state index is 0.227. The van der Waals surface area contributed by atoms with Crippen LogP contribution in [0.3, 0.4) is 0 Å². The van der Waals surface area contributed by atoms with Crippen molar-refractivity contribution >= 4 is 23.0 Å². The molecule has 0 spiro atoms. The third kappa shape index (κ3) is 3.09. The van der Waals surface area contributed by atoms with Crippen LogP contribution >= 0.6 is 11.3 Å². The number of carbonyl (C=O) groups excluding carboxylic acids is 1. The summed E-state index contributed by atoms with van der Waals surface area (Å²) in [5.74, 6) is -0.570. The molecule has 0 radical (unpaired) electrons. The van der Waals surface area contributed by atoms with Gasteiger partial charge in [0.05, 0.1) is 10.6 Å². The van der Waals surface area contributed by atoms with Gasteiger partial charge < -0.3 is 0 Å². The molecule has 1 aromatic heterocycles. The standard InChI is InChI=1S/C17H17FN2OS/c1-11(13-7-3-4-8-14(13)18)19-20-17(21)16-10-12-6-2-5-9-15(12)22-16/h3-4,7-8,10H,2,5-6,9H2,1H3,(H,20,21). The van der Waals surface area contributed by atoms with E-state index in [9.17, 15) is 9.18 Å². The van der Waals surface area contributed by atoms with Crippen LogP contribution in [0.4, 0.5) is 4.39 Å². The highest BCUT2D eigenvalue weighted by Gasteiger charge is 2.17. The zero-order valence-electron chi connectivity index (χ0n) is 12.4. The zero-order chi connectivity index (χ0) is 15.5. The minimum atomic E-state index is -0.343. The van der Waals surface area contributed by atoms with Crippen molar-refractivity contribution in [3.63, 3.8) is 0 Å². The molecule has 1 aliphatic carbocycles. The van der Waals surface area contributed by atoms with Gasteiger partial charge in [-0.05, 0) is 50.3 Å². The normalized spacial score (nSPS) is 14.5. The summed E-state index contributed by atoms with van der Waals surface area (Å²) in [6.07, 6.45) is 4.50. The number of halogens is 1. The summed E-state index contributed by atoms with van der Waals surface area (Å²) in [6.45, 7) is 1.68. The van der Waals surface area contributed by atoms with E-state index in [-0.39, 0.29) is 11.7 Å². The molecule has 0 aliphatic heterocycles. The SMILES string of the molecule is CC(=NNC(=O)c1cc2c(s1)CCCC2)c1ccccc1F. The van der Waals surface area contributed by atoms with E-state index in [2.05, 4.69) is 10.5 Å². The van der Waals surface area contributed by atoms with Crippen molar-refractivity contribution in [2.45, 2.75) is 32.6 Å². The molecule has 2 aromatic rings. The monoisotopic (exact) mass is 316 g/mol. The van der Waals surface area contributed by atoms with Gasteiger partial charge in [0.25, 0.3) is 5.91 Å². The first-order valence-corrected chi connectivity index (χ1v) is 8.18. The molecule has 0 bridgehead atoms. The lowest BCUT2D eigenvalue weighted by Crippen LogP contribution is -2.18. The molecule has 3 nitrogen and oxygen atoms in total. The minimum Gasteiger partial charge on any atom is -0.266 e. The first-order chi connectivity index (χ1) is 10.6. The van der Waals surface area contributed by atoms with Crippen molar-refractivity contribution < 1.29 is 9.18 Å². The van der Waals surface area contributed by atoms with Gasteiger partial charge in [0.2, 0.25) is 0 Å². The van der Waals surface area contributed by atoms with Gasteiger partial charge in [0, 0.05) is 10.4 Å². The largest absolute Gasteiger partial charge is 0.281 e. The highest BCUT2D eigenvalue weighted by atomic mass is 32.1. The lowest BCUT2D eigenvalue weighted by atomic mass is 9.99. The van der Waals surface area contributed by atoms with Crippen LogP contribution < -0.4 is 5.43 Å². The van der Waals surface area contributed by atoms with Gasteiger partial charge in [-0.1, -0.05) is 18.2 Å². The third-order valence-corrected chi connectivity index (χ3v) is 5.05. The van der Waals surface area contributed by atoms with Gasteiger partial charge in [-0.25, -0.2) is 9.82 Å². The maximum atomic E-state index is 13.7. The molecular weight excluding hydrogens is 299 g/mol. The number of hydrogen-bond acceptors (Lipinski definition) is 3. The summed E-state index contributed by atoms with van der Waals surface area (Å²) in [7, 11) is 0. The number of nitrogens with one attached hydrogen (secondary N) is 1. The summed E-state index contributed by atoms with van der Waals surface area (Å²) in [4.78, 5) is 14.2. The van der Waals surface area contributed by atoms with E-state index in [0.29, 0.717) is 16.2 Å². The maximum Gasteiger partial charge on any atom is 0.281 e. The Morgan fingerprint density at radius 1 is 1.27 bits per heavy atom. The first kappa shape index (κ1) is 14.9. The first-order valence-electron chi connectivity index (χ1n) is 7.36. The number of benzene rings is 1. The molecule has 3 rings (SSSR count). The molecule has 0 fully saturated rings. The third-order valence-electron chi connectivity index (χ3n) is 3.81. The molecule has 1 amide bonds. The average Bonchev–Trinajstić information content (AvgIpc) is 2.97. The number of carbonyl (C=O) groups is 1. The van der Waals surface area contributed by atoms with Gasteiger partial charge in [0.15, 0.2) is 0 Å². The number of fused-ring (bicyclic) bond motifs is 1. The Bertz CT molecular complexity index is 713. The number of hydrazone groups is 1. The van der Waals surface area contributed by atoms with E-state index < -0.39 is 0 Å². The van der Waals surface area contributed by atoms with Crippen molar-refractivity contribution in [2.75, 3.05) is 0 Å². The Labute approximate surface area is 132 Å².